The van der Waals surface area contributed by atoms with Gasteiger partial charge in [-0.3, -0.25) is 0 Å². The lowest BCUT2D eigenvalue weighted by Crippen LogP contribution is -1.82. The molecule has 0 amide bonds. The molecule has 0 aliphatic rings. The Kier molecular flexibility index (Phi) is 1.83. The number of hydrogen-bond acceptors (Lipinski definition) is 4. The Bertz CT molecular complexity index is 512. The van der Waals surface area contributed by atoms with Crippen molar-refractivity contribution >= 4 is 38.3 Å². The van der Waals surface area contributed by atoms with Crippen molar-refractivity contribution in [3.05, 3.63) is 22.7 Å². The summed E-state index contributed by atoms with van der Waals surface area (Å²) < 4.78 is 0.849. The molecule has 5 heteroatoms. The van der Waals surface area contributed by atoms with Crippen LogP contribution in [0.4, 0.5) is 5.13 Å². The molecule has 0 saturated carbocycles. The van der Waals surface area contributed by atoms with E-state index in [2.05, 4.69) is 4.98 Å². The van der Waals surface area contributed by atoms with Crippen molar-refractivity contribution in [1.82, 2.24) is 4.98 Å². The Labute approximate surface area is 83.4 Å². The lowest BCUT2D eigenvalue weighted by atomic mass is 10.2. The summed E-state index contributed by atoms with van der Waals surface area (Å²) in [7, 11) is 0. The van der Waals surface area contributed by atoms with E-state index in [1.165, 1.54) is 11.3 Å². The van der Waals surface area contributed by atoms with Crippen molar-refractivity contribution in [2.75, 3.05) is 5.73 Å². The first-order valence-electron chi connectivity index (χ1n) is 3.46. The third-order valence-electron chi connectivity index (χ3n) is 1.60. The number of anilines is 1. The first kappa shape index (κ1) is 8.30. The number of rotatable bonds is 0. The van der Waals surface area contributed by atoms with Crippen LogP contribution in [0.5, 0.6) is 0 Å². The minimum absolute atomic E-state index is 0.453. The number of nitrogens with zero attached hydrogens (tertiary/aromatic N) is 2. The van der Waals surface area contributed by atoms with Crippen molar-refractivity contribution < 1.29 is 0 Å². The summed E-state index contributed by atoms with van der Waals surface area (Å²) in [6.07, 6.45) is 0. The van der Waals surface area contributed by atoms with E-state index < -0.39 is 0 Å². The highest BCUT2D eigenvalue weighted by molar-refractivity contribution is 7.22. The molecule has 0 atom stereocenters. The molecule has 64 valence electrons. The van der Waals surface area contributed by atoms with Gasteiger partial charge in [0.2, 0.25) is 0 Å². The second-order valence-corrected chi connectivity index (χ2v) is 3.96. The zero-order valence-corrected chi connectivity index (χ0v) is 7.99. The number of nitriles is 1. The van der Waals surface area contributed by atoms with Gasteiger partial charge in [0.25, 0.3) is 0 Å². The maximum atomic E-state index is 8.78. The number of halogens is 1. The molecule has 2 rings (SSSR count). The van der Waals surface area contributed by atoms with E-state index in [9.17, 15) is 0 Å². The van der Waals surface area contributed by atoms with Gasteiger partial charge in [0, 0.05) is 5.02 Å². The van der Waals surface area contributed by atoms with Crippen LogP contribution in [0.2, 0.25) is 5.02 Å². The average Bonchev–Trinajstić information content (AvgIpc) is 2.43. The van der Waals surface area contributed by atoms with Crippen LogP contribution in [0.1, 0.15) is 5.56 Å². The quantitative estimate of drug-likeness (QED) is 0.725. The van der Waals surface area contributed by atoms with Crippen molar-refractivity contribution in [2.24, 2.45) is 0 Å². The average molecular weight is 210 g/mol. The van der Waals surface area contributed by atoms with E-state index in [0.717, 1.165) is 4.70 Å². The first-order chi connectivity index (χ1) is 6.20. The monoisotopic (exact) mass is 209 g/mol. The van der Waals surface area contributed by atoms with E-state index in [-0.39, 0.29) is 0 Å². The van der Waals surface area contributed by atoms with Gasteiger partial charge in [0.1, 0.15) is 11.6 Å². The molecule has 0 spiro atoms. The molecule has 1 aromatic carbocycles. The van der Waals surface area contributed by atoms with E-state index in [1.807, 2.05) is 6.07 Å². The highest BCUT2D eigenvalue weighted by atomic mass is 35.5. The van der Waals surface area contributed by atoms with Crippen LogP contribution in [-0.2, 0) is 0 Å². The van der Waals surface area contributed by atoms with Gasteiger partial charge >= 0.3 is 0 Å². The van der Waals surface area contributed by atoms with Gasteiger partial charge in [-0.05, 0) is 12.1 Å². The number of benzene rings is 1. The number of nitrogen functional groups attached to an aromatic ring is 1. The lowest BCUT2D eigenvalue weighted by Gasteiger charge is -1.92. The third-order valence-corrected chi connectivity index (χ3v) is 2.65. The van der Waals surface area contributed by atoms with E-state index >= 15 is 0 Å². The van der Waals surface area contributed by atoms with Crippen LogP contribution >= 0.6 is 22.9 Å². The second-order valence-electron chi connectivity index (χ2n) is 2.46. The number of fused-ring (bicyclic) bond motifs is 1. The highest BCUT2D eigenvalue weighted by Crippen LogP contribution is 2.29. The molecule has 0 bridgehead atoms. The molecule has 13 heavy (non-hydrogen) atoms. The van der Waals surface area contributed by atoms with Gasteiger partial charge in [-0.15, -0.1) is 0 Å². The van der Waals surface area contributed by atoms with Crippen LogP contribution in [0.3, 0.4) is 0 Å². The smallest absolute Gasteiger partial charge is 0.181 e. The van der Waals surface area contributed by atoms with Crippen LogP contribution in [-0.4, -0.2) is 4.98 Å². The standard InChI is InChI=1S/C8H4ClN3S/c9-5-1-4(3-10)7-6(2-5)13-8(11)12-7/h1-2H,(H2,11,12). The van der Waals surface area contributed by atoms with E-state index in [4.69, 9.17) is 22.6 Å². The van der Waals surface area contributed by atoms with E-state index in [1.54, 1.807) is 12.1 Å². The summed E-state index contributed by atoms with van der Waals surface area (Å²) in [4.78, 5) is 4.04. The van der Waals surface area contributed by atoms with Crippen LogP contribution in [0.15, 0.2) is 12.1 Å². The van der Waals surface area contributed by atoms with Gasteiger partial charge in [-0.1, -0.05) is 22.9 Å². The van der Waals surface area contributed by atoms with Crippen molar-refractivity contribution in [1.29, 1.82) is 5.26 Å². The summed E-state index contributed by atoms with van der Waals surface area (Å²) >= 11 is 7.13. The van der Waals surface area contributed by atoms with Crippen LogP contribution in [0.25, 0.3) is 10.2 Å². The predicted molar refractivity (Wildman–Crippen MR) is 53.8 cm³/mol. The van der Waals surface area contributed by atoms with Gasteiger partial charge < -0.3 is 5.73 Å². The highest BCUT2D eigenvalue weighted by Gasteiger charge is 2.07. The maximum Gasteiger partial charge on any atom is 0.181 e. The molecule has 3 nitrogen and oxygen atoms in total. The number of thiazole rings is 1. The molecule has 0 fully saturated rings. The molecule has 0 radical (unpaired) electrons. The molecule has 2 N–H and O–H groups in total. The normalized spacial score (nSPS) is 10.2. The van der Waals surface area contributed by atoms with Gasteiger partial charge in [0.05, 0.1) is 10.3 Å². The molecule has 0 aliphatic heterocycles. The topological polar surface area (TPSA) is 62.7 Å². The SMILES string of the molecule is N#Cc1cc(Cl)cc2sc(N)nc12. The minimum atomic E-state index is 0.453. The molecular formula is C8H4ClN3S. The summed E-state index contributed by atoms with van der Waals surface area (Å²) in [6.45, 7) is 0. The predicted octanol–water partition coefficient (Wildman–Crippen LogP) is 2.40. The second kappa shape index (κ2) is 2.87. The fraction of sp³-hybridized carbons (Fsp3) is 0. The van der Waals surface area contributed by atoms with Gasteiger partial charge in [0.15, 0.2) is 5.13 Å². The lowest BCUT2D eigenvalue weighted by molar-refractivity contribution is 1.45. The Morgan fingerprint density at radius 1 is 1.54 bits per heavy atom. The Morgan fingerprint density at radius 3 is 3.00 bits per heavy atom. The maximum absolute atomic E-state index is 8.78. The molecule has 0 unspecified atom stereocenters. The Balaban J connectivity index is 2.90. The molecule has 0 saturated heterocycles. The zero-order valence-electron chi connectivity index (χ0n) is 6.41. The minimum Gasteiger partial charge on any atom is -0.375 e. The molecule has 0 aliphatic carbocycles. The number of aromatic nitrogens is 1. The van der Waals surface area contributed by atoms with Crippen LogP contribution < -0.4 is 5.73 Å². The largest absolute Gasteiger partial charge is 0.375 e. The molecule has 2 aromatic rings. The van der Waals surface area contributed by atoms with Gasteiger partial charge in [-0.25, -0.2) is 4.98 Å². The summed E-state index contributed by atoms with van der Waals surface area (Å²) in [6, 6.07) is 5.37. The van der Waals surface area contributed by atoms with Gasteiger partial charge in [-0.2, -0.15) is 5.26 Å². The first-order valence-corrected chi connectivity index (χ1v) is 4.66. The Morgan fingerprint density at radius 2 is 2.31 bits per heavy atom. The fourth-order valence-corrected chi connectivity index (χ4v) is 2.18. The molecule has 1 heterocycles. The third kappa shape index (κ3) is 1.32. The van der Waals surface area contributed by atoms with Crippen molar-refractivity contribution in [3.63, 3.8) is 0 Å². The van der Waals surface area contributed by atoms with Crippen LogP contribution in [0, 0.1) is 11.3 Å². The van der Waals surface area contributed by atoms with Crippen molar-refractivity contribution in [2.45, 2.75) is 0 Å². The Hall–Kier alpha value is -1.31. The summed E-state index contributed by atoms with van der Waals surface area (Å²) in [5, 5.41) is 9.77. The number of hydrogen-bond donors (Lipinski definition) is 1. The molecular weight excluding hydrogens is 206 g/mol. The molecule has 1 aromatic heterocycles. The van der Waals surface area contributed by atoms with E-state index in [0.29, 0.717) is 21.2 Å². The summed E-state index contributed by atoms with van der Waals surface area (Å²) in [5.74, 6) is 0. The van der Waals surface area contributed by atoms with Crippen molar-refractivity contribution in [3.8, 4) is 6.07 Å². The number of nitrogens with two attached hydrogens (primary N) is 1. The fourth-order valence-electron chi connectivity index (χ4n) is 1.10. The summed E-state index contributed by atoms with van der Waals surface area (Å²) in [5.41, 5.74) is 6.62. The zero-order chi connectivity index (χ0) is 9.42.